The van der Waals surface area contributed by atoms with Crippen LogP contribution < -0.4 is 10.1 Å². The van der Waals surface area contributed by atoms with Gasteiger partial charge in [0, 0.05) is 34.6 Å². The van der Waals surface area contributed by atoms with Gasteiger partial charge in [0.2, 0.25) is 5.88 Å². The number of rotatable bonds is 5. The number of benzene rings is 1. The van der Waals surface area contributed by atoms with E-state index in [2.05, 4.69) is 40.5 Å². The Morgan fingerprint density at radius 1 is 1.03 bits per heavy atom. The molecule has 152 valence electrons. The van der Waals surface area contributed by atoms with Crippen LogP contribution in [-0.4, -0.2) is 38.8 Å². The zero-order valence-electron chi connectivity index (χ0n) is 17.1. The lowest BCUT2D eigenvalue weighted by Crippen LogP contribution is -2.34. The minimum absolute atomic E-state index is 0.212. The van der Waals surface area contributed by atoms with Gasteiger partial charge in [0.25, 0.3) is 0 Å². The molecule has 0 spiro atoms. The van der Waals surface area contributed by atoms with Crippen molar-refractivity contribution in [2.45, 2.75) is 32.3 Å². The van der Waals surface area contributed by atoms with Gasteiger partial charge in [-0.05, 0) is 38.4 Å². The summed E-state index contributed by atoms with van der Waals surface area (Å²) >= 11 is 0. The standard InChI is InChI=1S/C24H25N5O/c1-2-19-14-23(30-20-10-12-25-13-11-20)28-24-21(16-27-29(19)24)18-8-9-22(26-15-18)17-6-4-3-5-7-17/h3-9,14-16,20,25H,2,10-13H2,1H3. The number of pyridine rings is 1. The summed E-state index contributed by atoms with van der Waals surface area (Å²) < 4.78 is 8.15. The van der Waals surface area contributed by atoms with E-state index in [0.717, 1.165) is 66.1 Å². The van der Waals surface area contributed by atoms with Crippen LogP contribution in [0.25, 0.3) is 28.0 Å². The first kappa shape index (κ1) is 18.8. The van der Waals surface area contributed by atoms with Gasteiger partial charge in [-0.1, -0.05) is 43.3 Å². The predicted octanol–water partition coefficient (Wildman–Crippen LogP) is 4.15. The monoisotopic (exact) mass is 399 g/mol. The third-order valence-corrected chi connectivity index (χ3v) is 5.60. The number of fused-ring (bicyclic) bond motifs is 1. The molecule has 0 aliphatic carbocycles. The highest BCUT2D eigenvalue weighted by molar-refractivity contribution is 5.78. The lowest BCUT2D eigenvalue weighted by molar-refractivity contribution is 0.156. The maximum atomic E-state index is 6.24. The van der Waals surface area contributed by atoms with Crippen LogP contribution in [0, 0.1) is 0 Å². The number of ether oxygens (including phenoxy) is 1. The van der Waals surface area contributed by atoms with Gasteiger partial charge in [-0.15, -0.1) is 0 Å². The molecule has 3 aromatic heterocycles. The van der Waals surface area contributed by atoms with E-state index >= 15 is 0 Å². The van der Waals surface area contributed by atoms with Crippen LogP contribution in [0.15, 0.2) is 60.9 Å². The molecule has 0 unspecified atom stereocenters. The van der Waals surface area contributed by atoms with Crippen molar-refractivity contribution in [2.24, 2.45) is 0 Å². The summed E-state index contributed by atoms with van der Waals surface area (Å²) in [6.45, 7) is 4.11. The fraction of sp³-hybridized carbons (Fsp3) is 0.292. The summed E-state index contributed by atoms with van der Waals surface area (Å²) in [7, 11) is 0. The number of nitrogens with zero attached hydrogens (tertiary/aromatic N) is 4. The summed E-state index contributed by atoms with van der Waals surface area (Å²) in [5, 5.41) is 7.97. The van der Waals surface area contributed by atoms with E-state index in [1.807, 2.05) is 47.2 Å². The average molecular weight is 399 g/mol. The second kappa shape index (κ2) is 8.24. The lowest BCUT2D eigenvalue weighted by Gasteiger charge is -2.23. The summed E-state index contributed by atoms with van der Waals surface area (Å²) in [6, 6.07) is 16.3. The molecule has 0 amide bonds. The van der Waals surface area contributed by atoms with Gasteiger partial charge in [0.05, 0.1) is 11.9 Å². The Morgan fingerprint density at radius 2 is 1.87 bits per heavy atom. The Labute approximate surface area is 176 Å². The number of nitrogens with one attached hydrogen (secondary N) is 1. The van der Waals surface area contributed by atoms with E-state index < -0.39 is 0 Å². The predicted molar refractivity (Wildman–Crippen MR) is 118 cm³/mol. The molecule has 1 saturated heterocycles. The van der Waals surface area contributed by atoms with Crippen LogP contribution >= 0.6 is 0 Å². The Balaban J connectivity index is 1.50. The first-order chi connectivity index (χ1) is 14.8. The van der Waals surface area contributed by atoms with Crippen LogP contribution in [0.5, 0.6) is 5.88 Å². The molecule has 6 heteroatoms. The molecule has 1 aromatic carbocycles. The molecule has 4 aromatic rings. The topological polar surface area (TPSA) is 64.3 Å². The molecule has 5 rings (SSSR count). The van der Waals surface area contributed by atoms with Gasteiger partial charge >= 0.3 is 0 Å². The van der Waals surface area contributed by atoms with Crippen LogP contribution in [0.4, 0.5) is 0 Å². The quantitative estimate of drug-likeness (QED) is 0.546. The zero-order valence-corrected chi connectivity index (χ0v) is 17.1. The molecule has 1 fully saturated rings. The maximum Gasteiger partial charge on any atom is 0.217 e. The number of aryl methyl sites for hydroxylation is 1. The van der Waals surface area contributed by atoms with Gasteiger partial charge in [0.15, 0.2) is 5.65 Å². The molecule has 4 heterocycles. The normalized spacial score (nSPS) is 14.8. The molecule has 0 radical (unpaired) electrons. The van der Waals surface area contributed by atoms with E-state index in [9.17, 15) is 0 Å². The highest BCUT2D eigenvalue weighted by atomic mass is 16.5. The van der Waals surface area contributed by atoms with Crippen molar-refractivity contribution < 1.29 is 4.74 Å². The minimum Gasteiger partial charge on any atom is -0.474 e. The Morgan fingerprint density at radius 3 is 2.60 bits per heavy atom. The molecular weight excluding hydrogens is 374 g/mol. The number of piperidine rings is 1. The molecule has 30 heavy (non-hydrogen) atoms. The second-order valence-corrected chi connectivity index (χ2v) is 7.60. The Hall–Kier alpha value is -3.25. The van der Waals surface area contributed by atoms with Gasteiger partial charge < -0.3 is 10.1 Å². The lowest BCUT2D eigenvalue weighted by atomic mass is 10.1. The largest absolute Gasteiger partial charge is 0.474 e. The Bertz CT molecular complexity index is 1130. The van der Waals surface area contributed by atoms with E-state index in [-0.39, 0.29) is 6.10 Å². The highest BCUT2D eigenvalue weighted by Gasteiger charge is 2.18. The fourth-order valence-corrected chi connectivity index (χ4v) is 3.93. The number of hydrogen-bond donors (Lipinski definition) is 1. The highest BCUT2D eigenvalue weighted by Crippen LogP contribution is 2.28. The first-order valence-electron chi connectivity index (χ1n) is 10.6. The summed E-state index contributed by atoms with van der Waals surface area (Å²) in [5.74, 6) is 0.682. The van der Waals surface area contributed by atoms with Crippen LogP contribution in [0.3, 0.4) is 0 Å². The zero-order chi connectivity index (χ0) is 20.3. The summed E-state index contributed by atoms with van der Waals surface area (Å²) in [5.41, 5.74) is 5.92. The van der Waals surface area contributed by atoms with Crippen molar-refractivity contribution in [2.75, 3.05) is 13.1 Å². The van der Waals surface area contributed by atoms with Gasteiger partial charge in [-0.3, -0.25) is 4.98 Å². The maximum absolute atomic E-state index is 6.24. The molecular formula is C24H25N5O. The third-order valence-electron chi connectivity index (χ3n) is 5.60. The van der Waals surface area contributed by atoms with Crippen molar-refractivity contribution in [1.82, 2.24) is 24.9 Å². The van der Waals surface area contributed by atoms with Crippen molar-refractivity contribution in [1.29, 1.82) is 0 Å². The van der Waals surface area contributed by atoms with Crippen LogP contribution in [-0.2, 0) is 6.42 Å². The molecule has 0 atom stereocenters. The van der Waals surface area contributed by atoms with Gasteiger partial charge in [0.1, 0.15) is 6.10 Å². The third kappa shape index (κ3) is 3.66. The smallest absolute Gasteiger partial charge is 0.217 e. The van der Waals surface area contributed by atoms with Crippen molar-refractivity contribution >= 4 is 5.65 Å². The molecule has 1 aliphatic heterocycles. The molecule has 0 saturated carbocycles. The molecule has 0 bridgehead atoms. The fourth-order valence-electron chi connectivity index (χ4n) is 3.93. The van der Waals surface area contributed by atoms with Crippen molar-refractivity contribution in [3.63, 3.8) is 0 Å². The average Bonchev–Trinajstić information content (AvgIpc) is 3.24. The first-order valence-corrected chi connectivity index (χ1v) is 10.6. The van der Waals surface area contributed by atoms with Crippen molar-refractivity contribution in [3.05, 3.63) is 66.6 Å². The Kier molecular flexibility index (Phi) is 5.15. The molecule has 6 nitrogen and oxygen atoms in total. The van der Waals surface area contributed by atoms with Gasteiger partial charge in [-0.2, -0.15) is 10.1 Å². The minimum atomic E-state index is 0.212. The number of hydrogen-bond acceptors (Lipinski definition) is 5. The molecule has 1 N–H and O–H groups in total. The van der Waals surface area contributed by atoms with Crippen LogP contribution in [0.2, 0.25) is 0 Å². The summed E-state index contributed by atoms with van der Waals surface area (Å²) in [4.78, 5) is 9.49. The van der Waals surface area contributed by atoms with Gasteiger partial charge in [-0.25, -0.2) is 4.52 Å². The molecule has 1 aliphatic rings. The summed E-state index contributed by atoms with van der Waals surface area (Å²) in [6.07, 6.45) is 6.84. The van der Waals surface area contributed by atoms with E-state index in [4.69, 9.17) is 9.72 Å². The van der Waals surface area contributed by atoms with Crippen LogP contribution in [0.1, 0.15) is 25.5 Å². The SMILES string of the molecule is CCc1cc(OC2CCNCC2)nc2c(-c3ccc(-c4ccccc4)nc3)cnn12. The van der Waals surface area contributed by atoms with E-state index in [1.165, 1.54) is 0 Å². The second-order valence-electron chi connectivity index (χ2n) is 7.60. The number of aromatic nitrogens is 4. The van der Waals surface area contributed by atoms with E-state index in [0.29, 0.717) is 5.88 Å². The van der Waals surface area contributed by atoms with Crippen molar-refractivity contribution in [3.8, 4) is 28.3 Å². The van der Waals surface area contributed by atoms with E-state index in [1.54, 1.807) is 0 Å².